The van der Waals surface area contributed by atoms with Crippen molar-refractivity contribution in [3.63, 3.8) is 0 Å². The Labute approximate surface area is 86.4 Å². The molecule has 0 radical (unpaired) electrons. The third-order valence-electron chi connectivity index (χ3n) is 1.93. The van der Waals surface area contributed by atoms with Gasteiger partial charge in [-0.2, -0.15) is 0 Å². The molecule has 6 nitrogen and oxygen atoms in total. The van der Waals surface area contributed by atoms with Crippen molar-refractivity contribution in [1.29, 1.82) is 0 Å². The highest BCUT2D eigenvalue weighted by Gasteiger charge is 2.17. The Hall–Kier alpha value is -0.820. The minimum atomic E-state index is -0.472. The van der Waals surface area contributed by atoms with Gasteiger partial charge >= 0.3 is 11.9 Å². The summed E-state index contributed by atoms with van der Waals surface area (Å²) < 4.78 is 4.71. The van der Waals surface area contributed by atoms with Crippen LogP contribution in [-0.4, -0.2) is 36.3 Å². The van der Waals surface area contributed by atoms with Gasteiger partial charge in [-0.25, -0.2) is 0 Å². The number of hydrogen-bond donors (Lipinski definition) is 1. The zero-order valence-corrected chi connectivity index (χ0v) is 8.75. The van der Waals surface area contributed by atoms with Crippen molar-refractivity contribution < 1.29 is 9.07 Å². The molecule has 1 aliphatic heterocycles. The van der Waals surface area contributed by atoms with Gasteiger partial charge in [0.05, 0.1) is 6.61 Å². The maximum absolute atomic E-state index is 10.2. The molecule has 1 heterocycles. The van der Waals surface area contributed by atoms with Crippen LogP contribution in [0.3, 0.4) is 0 Å². The maximum Gasteiger partial charge on any atom is 0.304 e. The topological polar surface area (TPSA) is 76.8 Å². The predicted molar refractivity (Wildman–Crippen MR) is 54.9 cm³/mol. The summed E-state index contributed by atoms with van der Waals surface area (Å²) in [5.41, 5.74) is 0. The van der Waals surface area contributed by atoms with Crippen LogP contribution in [-0.2, 0) is 4.74 Å². The van der Waals surface area contributed by atoms with E-state index in [9.17, 15) is 10.1 Å². The van der Waals surface area contributed by atoms with Crippen LogP contribution in [0.1, 0.15) is 6.42 Å². The normalized spacial score (nSPS) is 22.4. The lowest BCUT2D eigenvalue weighted by atomic mass is 10.1. The molecule has 0 aromatic rings. The van der Waals surface area contributed by atoms with E-state index in [1.54, 1.807) is 0 Å². The van der Waals surface area contributed by atoms with Crippen molar-refractivity contribution in [3.8, 4) is 0 Å². The molecule has 0 bridgehead atoms. The number of hydrogen-bond acceptors (Lipinski definition) is 5. The number of nitrogens with one attached hydrogen (secondary N) is 1. The number of nitro groups is 1. The van der Waals surface area contributed by atoms with Crippen LogP contribution in [0.4, 0.5) is 0 Å². The van der Waals surface area contributed by atoms with Crippen LogP contribution < -0.4 is 5.32 Å². The molecule has 1 atom stereocenters. The van der Waals surface area contributed by atoms with Crippen molar-refractivity contribution in [1.82, 2.24) is 5.32 Å². The summed E-state index contributed by atoms with van der Waals surface area (Å²) in [5, 5.41) is 13.5. The highest BCUT2D eigenvalue weighted by molar-refractivity contribution is 8.08. The second kappa shape index (κ2) is 5.82. The minimum absolute atomic E-state index is 0.349. The Morgan fingerprint density at radius 3 is 3.14 bits per heavy atom. The summed E-state index contributed by atoms with van der Waals surface area (Å²) in [6.07, 6.45) is 1.01. The van der Waals surface area contributed by atoms with Crippen LogP contribution >= 0.6 is 11.9 Å². The molecule has 7 heteroatoms. The highest BCUT2D eigenvalue weighted by atomic mass is 32.2. The Balaban J connectivity index is 2.23. The fraction of sp³-hybridized carbons (Fsp3) is 0.857. The molecule has 80 valence electrons. The third kappa shape index (κ3) is 3.93. The van der Waals surface area contributed by atoms with Crippen LogP contribution in [0.25, 0.3) is 0 Å². The molecular formula is C7H13N3O3S. The van der Waals surface area contributed by atoms with Crippen molar-refractivity contribution >= 4 is 17.1 Å². The molecule has 0 aromatic heterocycles. The monoisotopic (exact) mass is 219 g/mol. The molecule has 0 aromatic carbocycles. The van der Waals surface area contributed by atoms with Crippen LogP contribution in [0, 0.1) is 16.0 Å². The second-order valence-corrected chi connectivity index (χ2v) is 3.82. The minimum Gasteiger partial charge on any atom is -0.381 e. The van der Waals surface area contributed by atoms with Gasteiger partial charge in [-0.3, -0.25) is 15.1 Å². The van der Waals surface area contributed by atoms with Crippen LogP contribution in [0.2, 0.25) is 0 Å². The zero-order valence-electron chi connectivity index (χ0n) is 7.93. The number of nitrogens with zero attached hydrogens (tertiary/aromatic N) is 2. The first-order valence-corrected chi connectivity index (χ1v) is 5.10. The first kappa shape index (κ1) is 11.3. The van der Waals surface area contributed by atoms with Gasteiger partial charge in [0.1, 0.15) is 4.33 Å². The predicted octanol–water partition coefficient (Wildman–Crippen LogP) is 0.523. The summed E-state index contributed by atoms with van der Waals surface area (Å²) in [6.45, 7) is 2.20. The van der Waals surface area contributed by atoms with Gasteiger partial charge in [0, 0.05) is 26.1 Å². The molecule has 14 heavy (non-hydrogen) atoms. The van der Waals surface area contributed by atoms with E-state index in [4.69, 9.17) is 4.74 Å². The highest BCUT2D eigenvalue weighted by Crippen LogP contribution is 2.11. The van der Waals surface area contributed by atoms with Crippen molar-refractivity contribution in [2.75, 3.05) is 26.8 Å². The van der Waals surface area contributed by atoms with E-state index in [2.05, 4.69) is 10.3 Å². The lowest BCUT2D eigenvalue weighted by molar-refractivity contribution is -0.281. The van der Waals surface area contributed by atoms with Crippen molar-refractivity contribution in [3.05, 3.63) is 10.1 Å². The van der Waals surface area contributed by atoms with E-state index >= 15 is 0 Å². The molecule has 0 spiro atoms. The summed E-state index contributed by atoms with van der Waals surface area (Å²) >= 11 is 0.503. The molecular weight excluding hydrogens is 206 g/mol. The second-order valence-electron chi connectivity index (χ2n) is 2.95. The molecule has 1 N–H and O–H groups in total. The summed E-state index contributed by atoms with van der Waals surface area (Å²) in [4.78, 5) is 14.0. The van der Waals surface area contributed by atoms with E-state index in [0.29, 0.717) is 29.6 Å². The average molecular weight is 219 g/mol. The Kier molecular flexibility index (Phi) is 4.68. The summed E-state index contributed by atoms with van der Waals surface area (Å²) in [6, 6.07) is 0. The van der Waals surface area contributed by atoms with Gasteiger partial charge in [-0.1, -0.05) is 0 Å². The van der Waals surface area contributed by atoms with Gasteiger partial charge in [0.25, 0.3) is 0 Å². The summed E-state index contributed by atoms with van der Waals surface area (Å²) in [7, 11) is 1.53. The van der Waals surface area contributed by atoms with E-state index in [-0.39, 0.29) is 0 Å². The first-order chi connectivity index (χ1) is 6.72. The molecule has 1 rings (SSSR count). The lowest BCUT2D eigenvalue weighted by Gasteiger charge is -2.08. The molecule has 1 saturated heterocycles. The Morgan fingerprint density at radius 1 is 1.86 bits per heavy atom. The van der Waals surface area contributed by atoms with Gasteiger partial charge < -0.3 is 10.1 Å². The van der Waals surface area contributed by atoms with Gasteiger partial charge in [0.15, 0.2) is 0 Å². The van der Waals surface area contributed by atoms with Gasteiger partial charge in [-0.05, 0) is 6.42 Å². The molecule has 1 aliphatic rings. The molecule has 1 fully saturated rings. The van der Waals surface area contributed by atoms with Crippen molar-refractivity contribution in [2.45, 2.75) is 6.42 Å². The molecule has 0 aliphatic carbocycles. The third-order valence-corrected chi connectivity index (χ3v) is 2.58. The van der Waals surface area contributed by atoms with Crippen LogP contribution in [0.5, 0.6) is 0 Å². The lowest BCUT2D eigenvalue weighted by Crippen LogP contribution is -2.28. The van der Waals surface area contributed by atoms with Gasteiger partial charge in [-0.15, -0.1) is 0 Å². The number of ether oxygens (including phenoxy) is 1. The Morgan fingerprint density at radius 2 is 2.64 bits per heavy atom. The Bertz CT molecular complexity index is 228. The maximum atomic E-state index is 10.2. The van der Waals surface area contributed by atoms with Crippen molar-refractivity contribution in [2.24, 2.45) is 10.9 Å². The van der Waals surface area contributed by atoms with E-state index in [1.165, 1.54) is 7.05 Å². The van der Waals surface area contributed by atoms with Crippen LogP contribution in [0.15, 0.2) is 4.99 Å². The smallest absolute Gasteiger partial charge is 0.304 e. The van der Waals surface area contributed by atoms with E-state index in [0.717, 1.165) is 19.6 Å². The largest absolute Gasteiger partial charge is 0.381 e. The first-order valence-electron chi connectivity index (χ1n) is 4.33. The number of rotatable bonds is 3. The average Bonchev–Trinajstić information content (AvgIpc) is 2.64. The van der Waals surface area contributed by atoms with Gasteiger partial charge in [0.2, 0.25) is 5.17 Å². The number of amidine groups is 1. The molecule has 1 unspecified atom stereocenters. The van der Waals surface area contributed by atoms with E-state index in [1.807, 2.05) is 0 Å². The fourth-order valence-corrected chi connectivity index (χ4v) is 1.57. The quantitative estimate of drug-likeness (QED) is 0.246. The summed E-state index contributed by atoms with van der Waals surface area (Å²) in [5.74, 6) is 0.444. The number of aliphatic imine (C=N–C) groups is 1. The zero-order chi connectivity index (χ0) is 10.4. The SMILES string of the molecule is CN=C(NCC1CCOC1)S[N+](=O)[O-]. The molecule has 0 saturated carbocycles. The van der Waals surface area contributed by atoms with E-state index < -0.39 is 4.33 Å². The molecule has 0 amide bonds. The fourth-order valence-electron chi connectivity index (χ4n) is 1.20. The standard InChI is InChI=1S/C7H13N3O3S/c1-8-7(14-10(11)12)9-4-6-2-3-13-5-6/h6H,2-5H2,1H3,(H,8,9).